The molecule has 30 heavy (non-hydrogen) atoms. The van der Waals surface area contributed by atoms with Gasteiger partial charge in [-0.3, -0.25) is 0 Å². The molecule has 2 aromatic carbocycles. The number of nitrogens with zero attached hydrogens (tertiary/aromatic N) is 2. The van der Waals surface area contributed by atoms with E-state index in [-0.39, 0.29) is 23.2 Å². The number of aromatic amines is 1. The van der Waals surface area contributed by atoms with Crippen LogP contribution in [-0.2, 0) is 0 Å². The minimum atomic E-state index is -0.443. The number of carbonyl (C=O) groups excluding carboxylic acids is 1. The van der Waals surface area contributed by atoms with E-state index in [0.717, 1.165) is 17.5 Å². The molecule has 1 atom stereocenters. The molecule has 10 heteroatoms. The van der Waals surface area contributed by atoms with E-state index < -0.39 is 6.09 Å². The second kappa shape index (κ2) is 9.20. The van der Waals surface area contributed by atoms with E-state index in [1.165, 1.54) is 0 Å². The molecule has 1 saturated heterocycles. The van der Waals surface area contributed by atoms with Crippen LogP contribution < -0.4 is 10.3 Å². The van der Waals surface area contributed by atoms with Crippen LogP contribution in [0.4, 0.5) is 4.79 Å². The molecule has 0 radical (unpaired) electrons. The van der Waals surface area contributed by atoms with Gasteiger partial charge in [0, 0.05) is 5.02 Å². The van der Waals surface area contributed by atoms with Crippen LogP contribution in [0.15, 0.2) is 41.2 Å². The predicted molar refractivity (Wildman–Crippen MR) is 123 cm³/mol. The molecule has 0 unspecified atom stereocenters. The summed E-state index contributed by atoms with van der Waals surface area (Å²) in [6, 6.07) is 9.93. The van der Waals surface area contributed by atoms with Gasteiger partial charge >= 0.3 is 177 Å². The fourth-order valence-electron chi connectivity index (χ4n) is 3.09. The molecule has 6 nitrogen and oxygen atoms in total. The SMILES string of the molecule is CN(C(=O)Oc1ccc(Cl)cc1-c1nc2ccc(Cl)cc2c(=O)[nH]1)[C@H]1CCS[Se]C1. The van der Waals surface area contributed by atoms with Crippen molar-refractivity contribution in [1.82, 2.24) is 14.9 Å². The zero-order valence-corrected chi connectivity index (χ0v) is 19.9. The van der Waals surface area contributed by atoms with Crippen molar-refractivity contribution in [3.05, 3.63) is 56.8 Å². The van der Waals surface area contributed by atoms with Crippen LogP contribution in [0, 0.1) is 0 Å². The van der Waals surface area contributed by atoms with Crippen LogP contribution in [0.2, 0.25) is 15.4 Å². The Hall–Kier alpha value is -1.70. The predicted octanol–water partition coefficient (Wildman–Crippen LogP) is 4.87. The number of fused-ring (bicyclic) bond motifs is 1. The summed E-state index contributed by atoms with van der Waals surface area (Å²) in [5.74, 6) is 1.60. The fourth-order valence-corrected chi connectivity index (χ4v) is 7.93. The normalized spacial score (nSPS) is 16.4. The zero-order chi connectivity index (χ0) is 21.3. The van der Waals surface area contributed by atoms with Crippen molar-refractivity contribution >= 4 is 64.2 Å². The van der Waals surface area contributed by atoms with Gasteiger partial charge in [0.2, 0.25) is 0 Å². The molecule has 1 N–H and O–H groups in total. The molecule has 156 valence electrons. The van der Waals surface area contributed by atoms with Gasteiger partial charge in [0.05, 0.1) is 0 Å². The molecule has 0 aliphatic carbocycles. The Morgan fingerprint density at radius 2 is 2.03 bits per heavy atom. The number of carbonyl (C=O) groups is 1. The second-order valence-electron chi connectivity index (χ2n) is 6.74. The van der Waals surface area contributed by atoms with Gasteiger partial charge in [-0.1, -0.05) is 11.6 Å². The molecule has 1 aromatic heterocycles. The van der Waals surface area contributed by atoms with Crippen LogP contribution >= 0.6 is 33.4 Å². The van der Waals surface area contributed by atoms with E-state index in [1.54, 1.807) is 48.3 Å². The van der Waals surface area contributed by atoms with Gasteiger partial charge in [-0.2, -0.15) is 0 Å². The Morgan fingerprint density at radius 1 is 1.27 bits per heavy atom. The summed E-state index contributed by atoms with van der Waals surface area (Å²) >= 11 is 12.6. The second-order valence-corrected chi connectivity index (χ2v) is 12.2. The first-order chi connectivity index (χ1) is 14.4. The number of nitrogens with one attached hydrogen (secondary N) is 1. The quantitative estimate of drug-likeness (QED) is 0.491. The molecular formula is C20H17Cl2N3O3SSe. The van der Waals surface area contributed by atoms with E-state index >= 15 is 0 Å². The molecule has 1 aliphatic rings. The van der Waals surface area contributed by atoms with Gasteiger partial charge < -0.3 is 0 Å². The number of rotatable bonds is 3. The van der Waals surface area contributed by atoms with Crippen molar-refractivity contribution < 1.29 is 9.53 Å². The first-order valence-electron chi connectivity index (χ1n) is 9.11. The Kier molecular flexibility index (Phi) is 6.60. The summed E-state index contributed by atoms with van der Waals surface area (Å²) in [6.07, 6.45) is 0.509. The van der Waals surface area contributed by atoms with Crippen LogP contribution in [0.3, 0.4) is 0 Å². The van der Waals surface area contributed by atoms with Crippen LogP contribution in [0.25, 0.3) is 22.3 Å². The van der Waals surface area contributed by atoms with Crippen LogP contribution in [-0.4, -0.2) is 53.6 Å². The van der Waals surface area contributed by atoms with Crippen molar-refractivity contribution in [3.63, 3.8) is 0 Å². The Labute approximate surface area is 192 Å². The van der Waals surface area contributed by atoms with Gasteiger partial charge in [0.25, 0.3) is 0 Å². The number of ether oxygens (including phenoxy) is 1. The summed E-state index contributed by atoms with van der Waals surface area (Å²) in [6.45, 7) is 0. The zero-order valence-electron chi connectivity index (χ0n) is 15.9. The number of H-pyrrole nitrogens is 1. The summed E-state index contributed by atoms with van der Waals surface area (Å²) < 4.78 is 5.69. The first-order valence-corrected chi connectivity index (χ1v) is 14.1. The molecule has 0 spiro atoms. The van der Waals surface area contributed by atoms with E-state index in [0.29, 0.717) is 40.3 Å². The Balaban J connectivity index is 1.69. The van der Waals surface area contributed by atoms with Crippen molar-refractivity contribution in [1.29, 1.82) is 0 Å². The molecule has 1 aliphatic heterocycles. The summed E-state index contributed by atoms with van der Waals surface area (Å²) in [4.78, 5) is 34.2. The van der Waals surface area contributed by atoms with Crippen molar-refractivity contribution in [2.75, 3.05) is 12.8 Å². The number of halogens is 2. The maximum absolute atomic E-state index is 12.8. The molecule has 4 rings (SSSR count). The topological polar surface area (TPSA) is 75.3 Å². The molecule has 1 amide bonds. The van der Waals surface area contributed by atoms with Crippen molar-refractivity contribution in [2.45, 2.75) is 17.8 Å². The molecule has 0 bridgehead atoms. The van der Waals surface area contributed by atoms with Crippen LogP contribution in [0.1, 0.15) is 6.42 Å². The molecule has 2 heterocycles. The van der Waals surface area contributed by atoms with E-state index in [1.807, 2.05) is 10.2 Å². The van der Waals surface area contributed by atoms with Crippen LogP contribution in [0.5, 0.6) is 5.75 Å². The fraction of sp³-hybridized carbons (Fsp3) is 0.250. The Morgan fingerprint density at radius 3 is 2.80 bits per heavy atom. The molecule has 0 saturated carbocycles. The number of hydrogen-bond acceptors (Lipinski definition) is 5. The number of amides is 1. The van der Waals surface area contributed by atoms with E-state index in [2.05, 4.69) is 9.97 Å². The van der Waals surface area contributed by atoms with Gasteiger partial charge in [-0.25, -0.2) is 0 Å². The van der Waals surface area contributed by atoms with E-state index in [9.17, 15) is 9.59 Å². The number of hydrogen-bond donors (Lipinski definition) is 1. The van der Waals surface area contributed by atoms with Crippen molar-refractivity contribution in [2.24, 2.45) is 0 Å². The first kappa shape index (κ1) is 21.5. The third-order valence-electron chi connectivity index (χ3n) is 4.78. The summed E-state index contributed by atoms with van der Waals surface area (Å²) in [7, 11) is 3.71. The summed E-state index contributed by atoms with van der Waals surface area (Å²) in [5.41, 5.74) is 0.574. The third-order valence-corrected chi connectivity index (χ3v) is 9.71. The monoisotopic (exact) mass is 529 g/mol. The summed E-state index contributed by atoms with van der Waals surface area (Å²) in [5, 5.41) is 2.26. The maximum atomic E-state index is 12.8. The average Bonchev–Trinajstić information content (AvgIpc) is 2.75. The van der Waals surface area contributed by atoms with Gasteiger partial charge in [-0.15, -0.1) is 0 Å². The minimum absolute atomic E-state index is 0.179. The van der Waals surface area contributed by atoms with Gasteiger partial charge in [0.1, 0.15) is 0 Å². The average molecular weight is 529 g/mol. The Bertz CT molecular complexity index is 1170. The standard InChI is InChI=1S/C20H17Cl2N3O3SSe/c1-25(13-6-7-29-30-10-13)20(27)28-17-5-3-12(22)9-15(17)18-23-16-4-2-11(21)8-14(16)19(26)24-18/h2-5,8-9,13H,6-7,10H2,1H3,(H,23,24,26)/t13-/m0/s1. The number of benzene rings is 2. The third kappa shape index (κ3) is 4.63. The molecule has 1 fully saturated rings. The van der Waals surface area contributed by atoms with Gasteiger partial charge in [-0.05, 0) is 0 Å². The van der Waals surface area contributed by atoms with Crippen molar-refractivity contribution in [3.8, 4) is 17.1 Å². The molecule has 3 aromatic rings. The number of aromatic nitrogens is 2. The van der Waals surface area contributed by atoms with E-state index in [4.69, 9.17) is 27.9 Å². The molecular weight excluding hydrogens is 512 g/mol. The van der Waals surface area contributed by atoms with Gasteiger partial charge in [0.15, 0.2) is 0 Å².